The highest BCUT2D eigenvalue weighted by molar-refractivity contribution is 6.27. The SMILES string of the molecule is C[C@H](NC(=O)CCl)c1cccc(C(F)(F)F)c1. The number of amides is 1. The van der Waals surface area contributed by atoms with Crippen molar-refractivity contribution in [3.8, 4) is 0 Å². The molecule has 0 aromatic heterocycles. The maximum atomic E-state index is 12.5. The van der Waals surface area contributed by atoms with Crippen molar-refractivity contribution < 1.29 is 18.0 Å². The molecule has 0 fully saturated rings. The molecule has 0 radical (unpaired) electrons. The summed E-state index contributed by atoms with van der Waals surface area (Å²) < 4.78 is 37.4. The van der Waals surface area contributed by atoms with E-state index in [1.165, 1.54) is 12.1 Å². The summed E-state index contributed by atoms with van der Waals surface area (Å²) in [5, 5.41) is 2.49. The van der Waals surface area contributed by atoms with Gasteiger partial charge in [-0.25, -0.2) is 0 Å². The van der Waals surface area contributed by atoms with Crippen LogP contribution in [-0.4, -0.2) is 11.8 Å². The quantitative estimate of drug-likeness (QED) is 0.836. The molecule has 0 aliphatic heterocycles. The number of carbonyl (C=O) groups excluding carboxylic acids is 1. The van der Waals surface area contributed by atoms with Crippen LogP contribution in [0.2, 0.25) is 0 Å². The number of rotatable bonds is 3. The molecule has 1 aromatic carbocycles. The van der Waals surface area contributed by atoms with Gasteiger partial charge in [-0.05, 0) is 24.6 Å². The molecule has 0 heterocycles. The van der Waals surface area contributed by atoms with Gasteiger partial charge in [0.2, 0.25) is 5.91 Å². The van der Waals surface area contributed by atoms with Crippen LogP contribution < -0.4 is 5.32 Å². The highest BCUT2D eigenvalue weighted by Gasteiger charge is 2.30. The Morgan fingerprint density at radius 2 is 2.12 bits per heavy atom. The summed E-state index contributed by atoms with van der Waals surface area (Å²) in [5.74, 6) is -0.639. The Kier molecular flexibility index (Phi) is 4.40. The third-order valence-corrected chi connectivity index (χ3v) is 2.46. The summed E-state index contributed by atoms with van der Waals surface area (Å²) in [6, 6.07) is 4.32. The second-order valence-electron chi connectivity index (χ2n) is 3.55. The molecular formula is C11H11ClF3NO. The van der Waals surface area contributed by atoms with E-state index in [4.69, 9.17) is 11.6 Å². The molecule has 0 spiro atoms. The largest absolute Gasteiger partial charge is 0.416 e. The van der Waals surface area contributed by atoms with Crippen LogP contribution >= 0.6 is 11.6 Å². The van der Waals surface area contributed by atoms with Crippen molar-refractivity contribution >= 4 is 17.5 Å². The van der Waals surface area contributed by atoms with Gasteiger partial charge in [0, 0.05) is 0 Å². The van der Waals surface area contributed by atoms with Crippen molar-refractivity contribution in [1.29, 1.82) is 0 Å². The van der Waals surface area contributed by atoms with Crippen LogP contribution in [0.4, 0.5) is 13.2 Å². The second kappa shape index (κ2) is 5.40. The van der Waals surface area contributed by atoms with Gasteiger partial charge >= 0.3 is 6.18 Å². The Bertz CT molecular complexity index is 406. The summed E-state index contributed by atoms with van der Waals surface area (Å²) in [5.41, 5.74) is -0.347. The van der Waals surface area contributed by atoms with Crippen molar-refractivity contribution in [1.82, 2.24) is 5.32 Å². The van der Waals surface area contributed by atoms with Crippen LogP contribution in [0.1, 0.15) is 24.1 Å². The summed E-state index contributed by atoms with van der Waals surface area (Å²) in [4.78, 5) is 11.0. The lowest BCUT2D eigenvalue weighted by atomic mass is 10.0. The predicted octanol–water partition coefficient (Wildman–Crippen LogP) is 3.12. The van der Waals surface area contributed by atoms with Gasteiger partial charge in [-0.15, -0.1) is 11.6 Å². The number of nitrogens with one attached hydrogen (secondary N) is 1. The number of hydrogen-bond acceptors (Lipinski definition) is 1. The van der Waals surface area contributed by atoms with Crippen molar-refractivity contribution in [3.05, 3.63) is 35.4 Å². The fraction of sp³-hybridized carbons (Fsp3) is 0.364. The molecule has 0 bridgehead atoms. The fourth-order valence-corrected chi connectivity index (χ4v) is 1.42. The number of halogens is 4. The van der Waals surface area contributed by atoms with Gasteiger partial charge in [-0.1, -0.05) is 12.1 Å². The van der Waals surface area contributed by atoms with E-state index in [9.17, 15) is 18.0 Å². The van der Waals surface area contributed by atoms with Gasteiger partial charge < -0.3 is 5.32 Å². The van der Waals surface area contributed by atoms with E-state index in [2.05, 4.69) is 5.32 Å². The molecule has 94 valence electrons. The zero-order valence-electron chi connectivity index (χ0n) is 9.01. The highest BCUT2D eigenvalue weighted by Crippen LogP contribution is 2.30. The van der Waals surface area contributed by atoms with Gasteiger partial charge in [0.15, 0.2) is 0 Å². The van der Waals surface area contributed by atoms with E-state index in [0.717, 1.165) is 12.1 Å². The van der Waals surface area contributed by atoms with Crippen molar-refractivity contribution in [3.63, 3.8) is 0 Å². The average molecular weight is 266 g/mol. The normalized spacial score (nSPS) is 13.2. The van der Waals surface area contributed by atoms with Gasteiger partial charge in [0.25, 0.3) is 0 Å². The maximum absolute atomic E-state index is 12.5. The fourth-order valence-electron chi connectivity index (χ4n) is 1.35. The third-order valence-electron chi connectivity index (χ3n) is 2.21. The van der Waals surface area contributed by atoms with Gasteiger partial charge in [0.05, 0.1) is 11.6 Å². The molecule has 1 atom stereocenters. The van der Waals surface area contributed by atoms with Crippen LogP contribution in [0.25, 0.3) is 0 Å². The standard InChI is InChI=1S/C11H11ClF3NO/c1-7(16-10(17)6-12)8-3-2-4-9(5-8)11(13,14)15/h2-5,7H,6H2,1H3,(H,16,17)/t7-/m0/s1. The van der Waals surface area contributed by atoms with Gasteiger partial charge in [0.1, 0.15) is 5.88 Å². The van der Waals surface area contributed by atoms with Crippen LogP contribution in [0, 0.1) is 0 Å². The van der Waals surface area contributed by atoms with Crippen molar-refractivity contribution in [2.75, 3.05) is 5.88 Å². The predicted molar refractivity (Wildman–Crippen MR) is 58.7 cm³/mol. The van der Waals surface area contributed by atoms with Crippen molar-refractivity contribution in [2.45, 2.75) is 19.1 Å². The van der Waals surface area contributed by atoms with Crippen LogP contribution in [0.15, 0.2) is 24.3 Å². The summed E-state index contributed by atoms with van der Waals surface area (Å²) in [7, 11) is 0. The van der Waals surface area contributed by atoms with Crippen molar-refractivity contribution in [2.24, 2.45) is 0 Å². The topological polar surface area (TPSA) is 29.1 Å². The van der Waals surface area contributed by atoms with Gasteiger partial charge in [-0.2, -0.15) is 13.2 Å². The zero-order chi connectivity index (χ0) is 13.1. The molecule has 0 unspecified atom stereocenters. The van der Waals surface area contributed by atoms with E-state index in [1.54, 1.807) is 6.92 Å². The van der Waals surface area contributed by atoms with E-state index in [1.807, 2.05) is 0 Å². The van der Waals surface area contributed by atoms with E-state index in [-0.39, 0.29) is 5.88 Å². The Balaban J connectivity index is 2.88. The molecule has 6 heteroatoms. The second-order valence-corrected chi connectivity index (χ2v) is 3.81. The first-order chi connectivity index (χ1) is 7.84. The number of hydrogen-bond donors (Lipinski definition) is 1. The zero-order valence-corrected chi connectivity index (χ0v) is 9.77. The Labute approximate surface area is 102 Å². The van der Waals surface area contributed by atoms with Crippen LogP contribution in [0.5, 0.6) is 0 Å². The minimum atomic E-state index is -4.38. The molecule has 1 aromatic rings. The molecule has 1 rings (SSSR count). The lowest BCUT2D eigenvalue weighted by Gasteiger charge is -2.15. The highest BCUT2D eigenvalue weighted by atomic mass is 35.5. The van der Waals surface area contributed by atoms with Crippen LogP contribution in [-0.2, 0) is 11.0 Å². The van der Waals surface area contributed by atoms with Gasteiger partial charge in [-0.3, -0.25) is 4.79 Å². The average Bonchev–Trinajstić information content (AvgIpc) is 2.28. The molecule has 0 saturated carbocycles. The molecule has 1 N–H and O–H groups in total. The molecule has 1 amide bonds. The minimum absolute atomic E-state index is 0.219. The minimum Gasteiger partial charge on any atom is -0.349 e. The van der Waals surface area contributed by atoms with E-state index in [0.29, 0.717) is 5.56 Å². The molecule has 0 saturated heterocycles. The first-order valence-corrected chi connectivity index (χ1v) is 5.40. The first kappa shape index (κ1) is 13.8. The maximum Gasteiger partial charge on any atom is 0.416 e. The lowest BCUT2D eigenvalue weighted by Crippen LogP contribution is -2.27. The lowest BCUT2D eigenvalue weighted by molar-refractivity contribution is -0.137. The molecule has 0 aliphatic rings. The molecule has 0 aliphatic carbocycles. The monoisotopic (exact) mass is 265 g/mol. The smallest absolute Gasteiger partial charge is 0.349 e. The summed E-state index contributed by atoms with van der Waals surface area (Å²) >= 11 is 5.30. The third kappa shape index (κ3) is 3.93. The number of benzene rings is 1. The Morgan fingerprint density at radius 3 is 2.65 bits per heavy atom. The number of alkyl halides is 4. The molecule has 2 nitrogen and oxygen atoms in total. The summed E-state index contributed by atoms with van der Waals surface area (Å²) in [6.45, 7) is 1.60. The Hall–Kier alpha value is -1.23. The van der Waals surface area contributed by atoms with E-state index >= 15 is 0 Å². The van der Waals surface area contributed by atoms with Crippen LogP contribution in [0.3, 0.4) is 0 Å². The first-order valence-electron chi connectivity index (χ1n) is 4.87. The Morgan fingerprint density at radius 1 is 1.47 bits per heavy atom. The molecule has 17 heavy (non-hydrogen) atoms. The number of carbonyl (C=O) groups is 1. The van der Waals surface area contributed by atoms with E-state index < -0.39 is 23.7 Å². The molecular weight excluding hydrogens is 255 g/mol. The summed E-state index contributed by atoms with van der Waals surface area (Å²) in [6.07, 6.45) is -4.38.